The zero-order valence-corrected chi connectivity index (χ0v) is 9.12. The van der Waals surface area contributed by atoms with Gasteiger partial charge in [0.05, 0.1) is 12.3 Å². The third-order valence-corrected chi connectivity index (χ3v) is 2.64. The zero-order chi connectivity index (χ0) is 10.8. The highest BCUT2D eigenvalue weighted by atomic mass is 16.5. The molecule has 80 valence electrons. The minimum atomic E-state index is 0.0842. The van der Waals surface area contributed by atoms with Gasteiger partial charge < -0.3 is 9.64 Å². The minimum absolute atomic E-state index is 0.0842. The van der Waals surface area contributed by atoms with Crippen LogP contribution >= 0.6 is 0 Å². The summed E-state index contributed by atoms with van der Waals surface area (Å²) in [6, 6.07) is 5.96. The van der Waals surface area contributed by atoms with E-state index in [9.17, 15) is 4.79 Å². The maximum Gasteiger partial charge on any atom is 0.223 e. The number of benzene rings is 1. The summed E-state index contributed by atoms with van der Waals surface area (Å²) in [5.74, 6) is 0.906. The Morgan fingerprint density at radius 1 is 1.53 bits per heavy atom. The third-order valence-electron chi connectivity index (χ3n) is 2.64. The molecule has 0 unspecified atom stereocenters. The van der Waals surface area contributed by atoms with Gasteiger partial charge >= 0.3 is 0 Å². The number of ether oxygens (including phenoxy) is 1. The first-order valence-electron chi connectivity index (χ1n) is 5.27. The van der Waals surface area contributed by atoms with E-state index >= 15 is 0 Å². The molecule has 0 bridgehead atoms. The average molecular weight is 205 g/mol. The van der Waals surface area contributed by atoms with E-state index in [4.69, 9.17) is 4.74 Å². The fourth-order valence-electron chi connectivity index (χ4n) is 2.01. The summed E-state index contributed by atoms with van der Waals surface area (Å²) in [5, 5.41) is 0. The lowest BCUT2D eigenvalue weighted by molar-refractivity contribution is -0.116. The maximum absolute atomic E-state index is 11.4. The Bertz CT molecular complexity index is 387. The molecule has 1 heterocycles. The maximum atomic E-state index is 11.4. The van der Waals surface area contributed by atoms with E-state index in [1.54, 1.807) is 11.8 Å². The van der Waals surface area contributed by atoms with Crippen molar-refractivity contribution in [1.82, 2.24) is 0 Å². The molecule has 3 nitrogen and oxygen atoms in total. The summed E-state index contributed by atoms with van der Waals surface area (Å²) in [4.78, 5) is 13.2. The van der Waals surface area contributed by atoms with Crippen molar-refractivity contribution in [2.24, 2.45) is 0 Å². The predicted molar refractivity (Wildman–Crippen MR) is 59.3 cm³/mol. The summed E-state index contributed by atoms with van der Waals surface area (Å²) in [5.41, 5.74) is 2.17. The van der Waals surface area contributed by atoms with Crippen LogP contribution in [0.5, 0.6) is 5.75 Å². The molecule has 15 heavy (non-hydrogen) atoms. The second-order valence-electron chi connectivity index (χ2n) is 3.62. The number of hydrogen-bond acceptors (Lipinski definition) is 2. The van der Waals surface area contributed by atoms with Crippen LogP contribution in [0.1, 0.15) is 19.4 Å². The van der Waals surface area contributed by atoms with Crippen molar-refractivity contribution in [2.45, 2.75) is 20.3 Å². The molecule has 1 aromatic carbocycles. The van der Waals surface area contributed by atoms with Crippen molar-refractivity contribution >= 4 is 11.6 Å². The van der Waals surface area contributed by atoms with Gasteiger partial charge in [-0.15, -0.1) is 0 Å². The second-order valence-corrected chi connectivity index (χ2v) is 3.62. The molecule has 0 saturated carbocycles. The molecule has 3 heteroatoms. The molecular formula is C12H15NO2. The Kier molecular flexibility index (Phi) is 2.62. The first-order valence-corrected chi connectivity index (χ1v) is 5.27. The van der Waals surface area contributed by atoms with Crippen molar-refractivity contribution < 1.29 is 9.53 Å². The van der Waals surface area contributed by atoms with Crippen LogP contribution in [0.25, 0.3) is 0 Å². The number of nitrogens with zero attached hydrogens (tertiary/aromatic N) is 1. The van der Waals surface area contributed by atoms with Gasteiger partial charge in [-0.25, -0.2) is 0 Å². The summed E-state index contributed by atoms with van der Waals surface area (Å²) in [6.45, 7) is 4.95. The Labute approximate surface area is 89.7 Å². The number of para-hydroxylation sites is 1. The topological polar surface area (TPSA) is 29.5 Å². The molecule has 0 N–H and O–H groups in total. The van der Waals surface area contributed by atoms with E-state index in [0.717, 1.165) is 24.4 Å². The fraction of sp³-hybridized carbons (Fsp3) is 0.417. The van der Waals surface area contributed by atoms with E-state index in [1.807, 2.05) is 19.1 Å². The molecule has 1 amide bonds. The van der Waals surface area contributed by atoms with Crippen molar-refractivity contribution in [3.8, 4) is 5.75 Å². The normalized spacial score (nSPS) is 13.9. The lowest BCUT2D eigenvalue weighted by Gasteiger charge is -2.18. The molecule has 2 rings (SSSR count). The number of rotatable bonds is 2. The molecule has 0 fully saturated rings. The number of carbonyl (C=O) groups is 1. The van der Waals surface area contributed by atoms with Crippen LogP contribution in [0.2, 0.25) is 0 Å². The van der Waals surface area contributed by atoms with Crippen molar-refractivity contribution in [1.29, 1.82) is 0 Å². The molecule has 0 spiro atoms. The van der Waals surface area contributed by atoms with Crippen LogP contribution in [0, 0.1) is 0 Å². The molecule has 1 aliphatic rings. The second kappa shape index (κ2) is 3.93. The van der Waals surface area contributed by atoms with Crippen LogP contribution in [0.3, 0.4) is 0 Å². The van der Waals surface area contributed by atoms with Crippen molar-refractivity contribution in [3.63, 3.8) is 0 Å². The molecule has 0 aromatic heterocycles. The molecule has 0 atom stereocenters. The van der Waals surface area contributed by atoms with Gasteiger partial charge in [-0.1, -0.05) is 12.1 Å². The summed E-state index contributed by atoms with van der Waals surface area (Å²) in [6.07, 6.45) is 0.926. The first kappa shape index (κ1) is 10.0. The van der Waals surface area contributed by atoms with E-state index in [1.165, 1.54) is 5.56 Å². The molecular weight excluding hydrogens is 190 g/mol. The van der Waals surface area contributed by atoms with E-state index in [2.05, 4.69) is 6.07 Å². The highest BCUT2D eigenvalue weighted by Crippen LogP contribution is 2.37. The van der Waals surface area contributed by atoms with Gasteiger partial charge in [0.25, 0.3) is 0 Å². The Balaban J connectivity index is 2.43. The lowest BCUT2D eigenvalue weighted by Crippen LogP contribution is -2.26. The standard InChI is InChI=1S/C12H15NO2/c1-3-15-11-6-4-5-10-7-8-13(9(2)14)12(10)11/h4-6H,3,7-8H2,1-2H3. The Morgan fingerprint density at radius 3 is 3.00 bits per heavy atom. The van der Waals surface area contributed by atoms with Crippen LogP contribution in [0.15, 0.2) is 18.2 Å². The number of anilines is 1. The van der Waals surface area contributed by atoms with Crippen LogP contribution in [-0.2, 0) is 11.2 Å². The van der Waals surface area contributed by atoms with Crippen LogP contribution in [0.4, 0.5) is 5.69 Å². The monoisotopic (exact) mass is 205 g/mol. The van der Waals surface area contributed by atoms with Gasteiger partial charge in [-0.3, -0.25) is 4.79 Å². The highest BCUT2D eigenvalue weighted by Gasteiger charge is 2.25. The van der Waals surface area contributed by atoms with Gasteiger partial charge in [0.2, 0.25) is 5.91 Å². The zero-order valence-electron chi connectivity index (χ0n) is 9.12. The largest absolute Gasteiger partial charge is 0.492 e. The van der Waals surface area contributed by atoms with Gasteiger partial charge in [-0.05, 0) is 25.0 Å². The van der Waals surface area contributed by atoms with E-state index < -0.39 is 0 Å². The highest BCUT2D eigenvalue weighted by molar-refractivity contribution is 5.95. The van der Waals surface area contributed by atoms with E-state index in [0.29, 0.717) is 6.61 Å². The summed E-state index contributed by atoms with van der Waals surface area (Å²) in [7, 11) is 0. The average Bonchev–Trinajstić information content (AvgIpc) is 2.62. The van der Waals surface area contributed by atoms with Crippen molar-refractivity contribution in [3.05, 3.63) is 23.8 Å². The van der Waals surface area contributed by atoms with Gasteiger partial charge in [0.1, 0.15) is 5.75 Å². The first-order chi connectivity index (χ1) is 7.24. The molecule has 1 aromatic rings. The van der Waals surface area contributed by atoms with Crippen LogP contribution in [-0.4, -0.2) is 19.1 Å². The van der Waals surface area contributed by atoms with Crippen molar-refractivity contribution in [2.75, 3.05) is 18.1 Å². The lowest BCUT2D eigenvalue weighted by atomic mass is 10.1. The SMILES string of the molecule is CCOc1cccc2c1N(C(C)=O)CC2. The van der Waals surface area contributed by atoms with Gasteiger partial charge in [0, 0.05) is 13.5 Å². The quantitative estimate of drug-likeness (QED) is 0.739. The van der Waals surface area contributed by atoms with Gasteiger partial charge in [-0.2, -0.15) is 0 Å². The van der Waals surface area contributed by atoms with Crippen LogP contribution < -0.4 is 9.64 Å². The molecule has 0 radical (unpaired) electrons. The van der Waals surface area contributed by atoms with Gasteiger partial charge in [0.15, 0.2) is 0 Å². The Morgan fingerprint density at radius 2 is 2.33 bits per heavy atom. The molecule has 1 aliphatic heterocycles. The minimum Gasteiger partial charge on any atom is -0.492 e. The summed E-state index contributed by atoms with van der Waals surface area (Å²) < 4.78 is 5.54. The number of carbonyl (C=O) groups excluding carboxylic acids is 1. The number of amides is 1. The molecule has 0 saturated heterocycles. The number of fused-ring (bicyclic) bond motifs is 1. The smallest absolute Gasteiger partial charge is 0.223 e. The summed E-state index contributed by atoms with van der Waals surface area (Å²) >= 11 is 0. The third kappa shape index (κ3) is 1.69. The fourth-order valence-corrected chi connectivity index (χ4v) is 2.01. The number of hydrogen-bond donors (Lipinski definition) is 0. The predicted octanol–water partition coefficient (Wildman–Crippen LogP) is 1.99. The Hall–Kier alpha value is -1.51. The molecule has 0 aliphatic carbocycles. The van der Waals surface area contributed by atoms with E-state index in [-0.39, 0.29) is 5.91 Å².